The molecule has 2 heterocycles. The van der Waals surface area contributed by atoms with Crippen molar-refractivity contribution < 1.29 is 4.79 Å². The maximum Gasteiger partial charge on any atom is 0.231 e. The average molecular weight is 351 g/mol. The molecule has 138 valence electrons. The highest BCUT2D eigenvalue weighted by Gasteiger charge is 2.35. The second kappa shape index (κ2) is 6.41. The lowest BCUT2D eigenvalue weighted by Crippen LogP contribution is -2.43. The minimum atomic E-state index is -0.207. The van der Waals surface area contributed by atoms with Crippen LogP contribution in [0.15, 0.2) is 18.2 Å². The normalized spacial score (nSPS) is 23.9. The Morgan fingerprint density at radius 3 is 2.73 bits per heavy atom. The molecule has 0 bridgehead atoms. The van der Waals surface area contributed by atoms with Gasteiger partial charge < -0.3 is 10.3 Å². The van der Waals surface area contributed by atoms with Crippen LogP contribution >= 0.6 is 0 Å². The van der Waals surface area contributed by atoms with E-state index in [1.165, 1.54) is 61.5 Å². The first kappa shape index (κ1) is 16.4. The second-order valence-electron chi connectivity index (χ2n) is 8.47. The van der Waals surface area contributed by atoms with Gasteiger partial charge in [0, 0.05) is 29.7 Å². The Kier molecular flexibility index (Phi) is 4.04. The summed E-state index contributed by atoms with van der Waals surface area (Å²) in [6.07, 6.45) is 10.4. The zero-order valence-corrected chi connectivity index (χ0v) is 15.5. The van der Waals surface area contributed by atoms with Crippen LogP contribution in [0.25, 0.3) is 10.9 Å². The number of aromatic nitrogens is 1. The van der Waals surface area contributed by atoms with Gasteiger partial charge in [-0.05, 0) is 61.3 Å². The summed E-state index contributed by atoms with van der Waals surface area (Å²) >= 11 is 0. The van der Waals surface area contributed by atoms with Gasteiger partial charge >= 0.3 is 0 Å². The molecule has 1 amide bonds. The first-order chi connectivity index (χ1) is 12.7. The van der Waals surface area contributed by atoms with Crippen LogP contribution in [0.3, 0.4) is 0 Å². The molecule has 1 fully saturated rings. The third-order valence-electron chi connectivity index (χ3n) is 6.94. The zero-order chi connectivity index (χ0) is 17.7. The first-order valence-corrected chi connectivity index (χ1v) is 10.4. The van der Waals surface area contributed by atoms with Gasteiger partial charge in [0.1, 0.15) is 0 Å². The topological polar surface area (TPSA) is 51.3 Å². The van der Waals surface area contributed by atoms with Gasteiger partial charge in [-0.15, -0.1) is 0 Å². The molecule has 2 aromatic rings. The summed E-state index contributed by atoms with van der Waals surface area (Å²) in [7, 11) is 0. The Morgan fingerprint density at radius 1 is 1.08 bits per heavy atom. The predicted molar refractivity (Wildman–Crippen MR) is 104 cm³/mol. The highest BCUT2D eigenvalue weighted by Crippen LogP contribution is 2.43. The number of benzene rings is 1. The van der Waals surface area contributed by atoms with Crippen LogP contribution in [0.5, 0.6) is 0 Å². The molecule has 1 aromatic carbocycles. The van der Waals surface area contributed by atoms with E-state index in [0.29, 0.717) is 12.6 Å². The number of aryl methyl sites for hydroxylation is 1. The average Bonchev–Trinajstić information content (AvgIpc) is 2.99. The van der Waals surface area contributed by atoms with Gasteiger partial charge in [-0.2, -0.15) is 0 Å². The van der Waals surface area contributed by atoms with Gasteiger partial charge in [0.05, 0.1) is 12.6 Å². The predicted octanol–water partition coefficient (Wildman–Crippen LogP) is 3.87. The molecule has 3 aliphatic rings. The number of nitrogens with two attached hydrogens (primary N) is 1. The Hall–Kier alpha value is -1.81. The van der Waals surface area contributed by atoms with Crippen molar-refractivity contribution in [2.75, 3.05) is 13.1 Å². The largest absolute Gasteiger partial charge is 0.369 e. The molecule has 0 spiro atoms. The molecule has 1 aromatic heterocycles. The standard InChI is InChI=1S/C22H29N3O/c23-21(26)14-24-11-12-25-19-10-9-16(15-5-2-1-3-6-15)13-18(19)17-7-4-8-20(24)22(17)25/h9-10,13,15,20H,1-8,11-12,14H2,(H2,23,26). The highest BCUT2D eigenvalue weighted by atomic mass is 16.1. The first-order valence-electron chi connectivity index (χ1n) is 10.4. The van der Waals surface area contributed by atoms with Gasteiger partial charge in [-0.1, -0.05) is 25.3 Å². The van der Waals surface area contributed by atoms with E-state index in [1.54, 1.807) is 11.1 Å². The third-order valence-corrected chi connectivity index (χ3v) is 6.94. The lowest BCUT2D eigenvalue weighted by Gasteiger charge is -2.39. The van der Waals surface area contributed by atoms with Gasteiger partial charge in [0.2, 0.25) is 5.91 Å². The van der Waals surface area contributed by atoms with Crippen molar-refractivity contribution >= 4 is 16.8 Å². The summed E-state index contributed by atoms with van der Waals surface area (Å²) in [5.41, 5.74) is 11.5. The molecule has 1 atom stereocenters. The van der Waals surface area contributed by atoms with Crippen LogP contribution in [0.2, 0.25) is 0 Å². The molecular formula is C22H29N3O. The highest BCUT2D eigenvalue weighted by molar-refractivity contribution is 5.87. The number of rotatable bonds is 3. The van der Waals surface area contributed by atoms with Gasteiger partial charge in [-0.3, -0.25) is 9.69 Å². The Morgan fingerprint density at radius 2 is 1.92 bits per heavy atom. The van der Waals surface area contributed by atoms with E-state index in [9.17, 15) is 4.79 Å². The van der Waals surface area contributed by atoms with Crippen LogP contribution in [-0.2, 0) is 17.8 Å². The number of carbonyl (C=O) groups is 1. The molecule has 0 saturated heterocycles. The van der Waals surface area contributed by atoms with Crippen molar-refractivity contribution in [3.8, 4) is 0 Å². The fraction of sp³-hybridized carbons (Fsp3) is 0.591. The SMILES string of the molecule is NC(=O)CN1CCn2c3c(c4cc(C5CCCCC5)ccc42)CCCC31. The maximum absolute atomic E-state index is 11.5. The van der Waals surface area contributed by atoms with Crippen LogP contribution in [-0.4, -0.2) is 28.5 Å². The summed E-state index contributed by atoms with van der Waals surface area (Å²) in [6.45, 7) is 2.28. The quantitative estimate of drug-likeness (QED) is 0.913. The summed E-state index contributed by atoms with van der Waals surface area (Å²) in [4.78, 5) is 13.8. The van der Waals surface area contributed by atoms with E-state index >= 15 is 0 Å². The molecule has 1 aliphatic heterocycles. The van der Waals surface area contributed by atoms with Gasteiger partial charge in [0.15, 0.2) is 0 Å². The second-order valence-corrected chi connectivity index (χ2v) is 8.47. The molecule has 0 radical (unpaired) electrons. The fourth-order valence-electron chi connectivity index (χ4n) is 5.77. The summed E-state index contributed by atoms with van der Waals surface area (Å²) in [5, 5.41) is 1.48. The molecule has 1 unspecified atom stereocenters. The molecule has 26 heavy (non-hydrogen) atoms. The number of primary amides is 1. The molecule has 5 rings (SSSR count). The molecule has 4 nitrogen and oxygen atoms in total. The van der Waals surface area contributed by atoms with E-state index in [1.807, 2.05) is 0 Å². The number of fused-ring (bicyclic) bond motifs is 3. The number of amides is 1. The van der Waals surface area contributed by atoms with Crippen molar-refractivity contribution in [3.63, 3.8) is 0 Å². The monoisotopic (exact) mass is 351 g/mol. The number of hydrogen-bond donors (Lipinski definition) is 1. The van der Waals surface area contributed by atoms with Crippen molar-refractivity contribution in [1.82, 2.24) is 9.47 Å². The van der Waals surface area contributed by atoms with Gasteiger partial charge in [-0.25, -0.2) is 0 Å². The molecule has 4 heteroatoms. The van der Waals surface area contributed by atoms with Crippen molar-refractivity contribution in [3.05, 3.63) is 35.0 Å². The Bertz CT molecular complexity index is 847. The number of nitrogens with zero attached hydrogens (tertiary/aromatic N) is 2. The van der Waals surface area contributed by atoms with Crippen LogP contribution < -0.4 is 5.73 Å². The third kappa shape index (κ3) is 2.58. The minimum Gasteiger partial charge on any atom is -0.369 e. The lowest BCUT2D eigenvalue weighted by atomic mass is 9.83. The van der Waals surface area contributed by atoms with Crippen LogP contribution in [0, 0.1) is 0 Å². The summed E-state index contributed by atoms with van der Waals surface area (Å²) in [6, 6.07) is 7.63. The molecule has 2 aliphatic carbocycles. The van der Waals surface area contributed by atoms with E-state index < -0.39 is 0 Å². The van der Waals surface area contributed by atoms with E-state index in [0.717, 1.165) is 25.4 Å². The van der Waals surface area contributed by atoms with Crippen molar-refractivity contribution in [2.24, 2.45) is 5.73 Å². The maximum atomic E-state index is 11.5. The summed E-state index contributed by atoms with van der Waals surface area (Å²) < 4.78 is 2.54. The van der Waals surface area contributed by atoms with E-state index in [2.05, 4.69) is 27.7 Å². The summed E-state index contributed by atoms with van der Waals surface area (Å²) in [5.74, 6) is 0.546. The van der Waals surface area contributed by atoms with E-state index in [4.69, 9.17) is 5.73 Å². The zero-order valence-electron chi connectivity index (χ0n) is 15.5. The Balaban J connectivity index is 1.59. The van der Waals surface area contributed by atoms with Crippen LogP contribution in [0.1, 0.15) is 73.7 Å². The van der Waals surface area contributed by atoms with Crippen LogP contribution in [0.4, 0.5) is 0 Å². The molecule has 1 saturated carbocycles. The number of hydrogen-bond acceptors (Lipinski definition) is 2. The van der Waals surface area contributed by atoms with Crippen molar-refractivity contribution in [2.45, 2.75) is 69.9 Å². The number of carbonyl (C=O) groups excluding carboxylic acids is 1. The smallest absolute Gasteiger partial charge is 0.231 e. The molecular weight excluding hydrogens is 322 g/mol. The van der Waals surface area contributed by atoms with Gasteiger partial charge in [0.25, 0.3) is 0 Å². The van der Waals surface area contributed by atoms with Crippen molar-refractivity contribution in [1.29, 1.82) is 0 Å². The Labute approximate surface area is 155 Å². The molecule has 2 N–H and O–H groups in total. The lowest BCUT2D eigenvalue weighted by molar-refractivity contribution is -0.120. The minimum absolute atomic E-state index is 0.207. The fourth-order valence-corrected chi connectivity index (χ4v) is 5.77. The van der Waals surface area contributed by atoms with E-state index in [-0.39, 0.29) is 5.91 Å².